The van der Waals surface area contributed by atoms with Crippen molar-refractivity contribution in [2.24, 2.45) is 10.9 Å². The molecule has 0 spiro atoms. The van der Waals surface area contributed by atoms with Gasteiger partial charge >= 0.3 is 0 Å². The van der Waals surface area contributed by atoms with Crippen LogP contribution in [0, 0.1) is 5.92 Å². The summed E-state index contributed by atoms with van der Waals surface area (Å²) in [6.07, 6.45) is 4.19. The summed E-state index contributed by atoms with van der Waals surface area (Å²) in [6, 6.07) is 8.28. The molecule has 7 heteroatoms. The number of carbonyl (C=O) groups is 1. The predicted octanol–water partition coefficient (Wildman–Crippen LogP) is 1.43. The number of rotatable bonds is 9. The SMILES string of the molecule is CN=C(NCCc1ccc(OCC(=O)NC2CC2)cc1)N(C)CC1CCOC1. The second-order valence-corrected chi connectivity index (χ2v) is 7.61. The van der Waals surface area contributed by atoms with Gasteiger partial charge in [0.05, 0.1) is 6.61 Å². The number of carbonyl (C=O) groups excluding carboxylic acids is 1. The summed E-state index contributed by atoms with van der Waals surface area (Å²) < 4.78 is 11.0. The minimum Gasteiger partial charge on any atom is -0.484 e. The van der Waals surface area contributed by atoms with Crippen molar-refractivity contribution >= 4 is 11.9 Å². The molecule has 1 aromatic rings. The highest BCUT2D eigenvalue weighted by Gasteiger charge is 2.23. The van der Waals surface area contributed by atoms with Crippen molar-refractivity contribution in [1.29, 1.82) is 0 Å². The fourth-order valence-electron chi connectivity index (χ4n) is 3.30. The van der Waals surface area contributed by atoms with Crippen LogP contribution in [0.5, 0.6) is 5.75 Å². The number of guanidine groups is 1. The van der Waals surface area contributed by atoms with Gasteiger partial charge in [0.25, 0.3) is 5.91 Å². The van der Waals surface area contributed by atoms with E-state index >= 15 is 0 Å². The average Bonchev–Trinajstić information content (AvgIpc) is 3.36. The van der Waals surface area contributed by atoms with E-state index in [0.29, 0.717) is 12.0 Å². The molecular formula is C21H32N4O3. The Morgan fingerprint density at radius 1 is 1.29 bits per heavy atom. The molecule has 1 heterocycles. The van der Waals surface area contributed by atoms with Crippen molar-refractivity contribution in [3.05, 3.63) is 29.8 Å². The topological polar surface area (TPSA) is 75.2 Å². The van der Waals surface area contributed by atoms with Gasteiger partial charge < -0.3 is 25.0 Å². The molecule has 0 bridgehead atoms. The lowest BCUT2D eigenvalue weighted by atomic mass is 10.1. The zero-order valence-corrected chi connectivity index (χ0v) is 16.9. The van der Waals surface area contributed by atoms with Crippen LogP contribution >= 0.6 is 0 Å². The van der Waals surface area contributed by atoms with Crippen molar-refractivity contribution in [2.75, 3.05) is 47.0 Å². The van der Waals surface area contributed by atoms with E-state index in [-0.39, 0.29) is 12.5 Å². The Hall–Kier alpha value is -2.28. The summed E-state index contributed by atoms with van der Waals surface area (Å²) in [6.45, 7) is 3.56. The van der Waals surface area contributed by atoms with Crippen LogP contribution in [-0.4, -0.2) is 69.8 Å². The van der Waals surface area contributed by atoms with Crippen molar-refractivity contribution in [3.63, 3.8) is 0 Å². The van der Waals surface area contributed by atoms with E-state index in [9.17, 15) is 4.79 Å². The fourth-order valence-corrected chi connectivity index (χ4v) is 3.30. The molecular weight excluding hydrogens is 356 g/mol. The molecule has 1 aromatic carbocycles. The highest BCUT2D eigenvalue weighted by Crippen LogP contribution is 2.18. The van der Waals surface area contributed by atoms with Gasteiger partial charge in [-0.1, -0.05) is 12.1 Å². The first kappa shape index (κ1) is 20.5. The van der Waals surface area contributed by atoms with Crippen LogP contribution < -0.4 is 15.4 Å². The van der Waals surface area contributed by atoms with Gasteiger partial charge in [0.2, 0.25) is 0 Å². The Morgan fingerprint density at radius 3 is 2.71 bits per heavy atom. The Kier molecular flexibility index (Phi) is 7.54. The largest absolute Gasteiger partial charge is 0.484 e. The third-order valence-electron chi connectivity index (χ3n) is 5.06. The zero-order chi connectivity index (χ0) is 19.8. The molecule has 1 aliphatic heterocycles. The van der Waals surface area contributed by atoms with Crippen molar-refractivity contribution < 1.29 is 14.3 Å². The normalized spacial score (nSPS) is 19.4. The van der Waals surface area contributed by atoms with Crippen LogP contribution in [0.25, 0.3) is 0 Å². The summed E-state index contributed by atoms with van der Waals surface area (Å²) in [5.41, 5.74) is 1.21. The molecule has 2 fully saturated rings. The Bertz CT molecular complexity index is 652. The molecule has 1 saturated heterocycles. The number of amides is 1. The van der Waals surface area contributed by atoms with Gasteiger partial charge in [0, 0.05) is 45.8 Å². The van der Waals surface area contributed by atoms with Gasteiger partial charge in [-0.2, -0.15) is 0 Å². The maximum atomic E-state index is 11.7. The molecule has 1 amide bonds. The molecule has 1 aliphatic carbocycles. The second kappa shape index (κ2) is 10.3. The van der Waals surface area contributed by atoms with E-state index in [2.05, 4.69) is 27.6 Å². The average molecular weight is 389 g/mol. The van der Waals surface area contributed by atoms with Crippen LogP contribution in [0.2, 0.25) is 0 Å². The lowest BCUT2D eigenvalue weighted by molar-refractivity contribution is -0.123. The standard InChI is InChI=1S/C21H32N4O3/c1-22-21(25(2)13-17-10-12-27-14-17)23-11-9-16-3-7-19(8-4-16)28-15-20(26)24-18-5-6-18/h3-4,7-8,17-18H,5-6,9-15H2,1-2H3,(H,22,23)(H,24,26). The molecule has 3 rings (SSSR count). The molecule has 1 atom stereocenters. The molecule has 28 heavy (non-hydrogen) atoms. The van der Waals surface area contributed by atoms with Crippen LogP contribution in [0.15, 0.2) is 29.3 Å². The Morgan fingerprint density at radius 2 is 2.07 bits per heavy atom. The van der Waals surface area contributed by atoms with E-state index in [1.807, 2.05) is 31.3 Å². The Balaban J connectivity index is 1.35. The number of nitrogens with one attached hydrogen (secondary N) is 2. The molecule has 0 aromatic heterocycles. The lowest BCUT2D eigenvalue weighted by Gasteiger charge is -2.24. The van der Waals surface area contributed by atoms with E-state index in [0.717, 1.165) is 63.7 Å². The number of hydrogen-bond acceptors (Lipinski definition) is 4. The van der Waals surface area contributed by atoms with E-state index in [1.165, 1.54) is 5.56 Å². The monoisotopic (exact) mass is 388 g/mol. The smallest absolute Gasteiger partial charge is 0.258 e. The summed E-state index contributed by atoms with van der Waals surface area (Å²) in [7, 11) is 3.88. The van der Waals surface area contributed by atoms with Gasteiger partial charge in [0.1, 0.15) is 5.75 Å². The maximum Gasteiger partial charge on any atom is 0.258 e. The minimum absolute atomic E-state index is 0.0459. The first-order valence-corrected chi connectivity index (χ1v) is 10.1. The van der Waals surface area contributed by atoms with Gasteiger partial charge in [-0.25, -0.2) is 0 Å². The minimum atomic E-state index is -0.0459. The molecule has 154 valence electrons. The summed E-state index contributed by atoms with van der Waals surface area (Å²) in [5, 5.41) is 6.34. The zero-order valence-electron chi connectivity index (χ0n) is 16.9. The lowest BCUT2D eigenvalue weighted by Crippen LogP contribution is -2.42. The number of nitrogens with zero attached hydrogens (tertiary/aromatic N) is 2. The Labute approximate surface area is 167 Å². The summed E-state index contributed by atoms with van der Waals surface area (Å²) in [5.74, 6) is 2.17. The second-order valence-electron chi connectivity index (χ2n) is 7.61. The van der Waals surface area contributed by atoms with Crippen LogP contribution in [0.3, 0.4) is 0 Å². The number of benzene rings is 1. The van der Waals surface area contributed by atoms with E-state index < -0.39 is 0 Å². The fraction of sp³-hybridized carbons (Fsp3) is 0.619. The molecule has 1 unspecified atom stereocenters. The number of ether oxygens (including phenoxy) is 2. The van der Waals surface area contributed by atoms with E-state index in [1.54, 1.807) is 0 Å². The highest BCUT2D eigenvalue weighted by molar-refractivity contribution is 5.79. The number of hydrogen-bond donors (Lipinski definition) is 2. The van der Waals surface area contributed by atoms with Gasteiger partial charge in [-0.3, -0.25) is 9.79 Å². The highest BCUT2D eigenvalue weighted by atomic mass is 16.5. The quantitative estimate of drug-likeness (QED) is 0.494. The van der Waals surface area contributed by atoms with Gasteiger partial charge in [-0.05, 0) is 43.4 Å². The first-order chi connectivity index (χ1) is 13.6. The van der Waals surface area contributed by atoms with Crippen LogP contribution in [0.4, 0.5) is 0 Å². The molecule has 7 nitrogen and oxygen atoms in total. The molecule has 1 saturated carbocycles. The maximum absolute atomic E-state index is 11.7. The van der Waals surface area contributed by atoms with Gasteiger partial charge in [0.15, 0.2) is 12.6 Å². The molecule has 0 radical (unpaired) electrons. The molecule has 2 N–H and O–H groups in total. The van der Waals surface area contributed by atoms with Crippen LogP contribution in [-0.2, 0) is 16.0 Å². The summed E-state index contributed by atoms with van der Waals surface area (Å²) in [4.78, 5) is 18.2. The van der Waals surface area contributed by atoms with Gasteiger partial charge in [-0.15, -0.1) is 0 Å². The third-order valence-corrected chi connectivity index (χ3v) is 5.06. The summed E-state index contributed by atoms with van der Waals surface area (Å²) >= 11 is 0. The van der Waals surface area contributed by atoms with Crippen LogP contribution in [0.1, 0.15) is 24.8 Å². The van der Waals surface area contributed by atoms with Crippen molar-refractivity contribution in [3.8, 4) is 5.75 Å². The van der Waals surface area contributed by atoms with Crippen molar-refractivity contribution in [2.45, 2.75) is 31.7 Å². The molecule has 2 aliphatic rings. The van der Waals surface area contributed by atoms with E-state index in [4.69, 9.17) is 9.47 Å². The first-order valence-electron chi connectivity index (χ1n) is 10.1. The predicted molar refractivity (Wildman–Crippen MR) is 110 cm³/mol. The van der Waals surface area contributed by atoms with Crippen molar-refractivity contribution in [1.82, 2.24) is 15.5 Å². The third kappa shape index (κ3) is 6.71. The number of aliphatic imine (C=N–C) groups is 1.